The molecule has 0 saturated carbocycles. The molecule has 254 valence electrons. The topological polar surface area (TPSA) is 96.0 Å². The molecule has 0 heterocycles. The molecular formula is C36H38Cl3N3O5S. The molecule has 0 aliphatic rings. The maximum atomic E-state index is 14.6. The first-order valence-electron chi connectivity index (χ1n) is 15.5. The molecule has 0 bridgehead atoms. The number of carbonyl (C=O) groups is 2. The quantitative estimate of drug-likeness (QED) is 0.135. The van der Waals surface area contributed by atoms with Crippen molar-refractivity contribution in [3.05, 3.63) is 123 Å². The average Bonchev–Trinajstić information content (AvgIpc) is 3.07. The molecular weight excluding hydrogens is 693 g/mol. The van der Waals surface area contributed by atoms with Crippen LogP contribution in [-0.2, 0) is 32.6 Å². The van der Waals surface area contributed by atoms with Gasteiger partial charge in [-0.05, 0) is 92.1 Å². The summed E-state index contributed by atoms with van der Waals surface area (Å²) in [6.07, 6.45) is 0.860. The van der Waals surface area contributed by atoms with Crippen molar-refractivity contribution in [2.75, 3.05) is 17.5 Å². The Labute approximate surface area is 297 Å². The number of nitrogens with one attached hydrogen (secondary N) is 1. The Balaban J connectivity index is 1.82. The Morgan fingerprint density at radius 1 is 0.833 bits per heavy atom. The minimum atomic E-state index is -4.29. The largest absolute Gasteiger partial charge is 0.494 e. The second-order valence-corrected chi connectivity index (χ2v) is 14.3. The fourth-order valence-electron chi connectivity index (χ4n) is 4.97. The second-order valence-electron chi connectivity index (χ2n) is 11.2. The van der Waals surface area contributed by atoms with Gasteiger partial charge in [0.25, 0.3) is 10.0 Å². The SMILES string of the molecule is CCOc1ccc(N(CC(=O)N(Cc2ccc(Cl)c(Cl)c2)[C@H](Cc2ccccc2)C(=O)N[C@H](C)CC)S(=O)(=O)c2ccc(Cl)cc2)cc1. The zero-order valence-electron chi connectivity index (χ0n) is 26.9. The van der Waals surface area contributed by atoms with Gasteiger partial charge in [0.2, 0.25) is 11.8 Å². The second kappa shape index (κ2) is 17.1. The lowest BCUT2D eigenvalue weighted by molar-refractivity contribution is -0.140. The van der Waals surface area contributed by atoms with Gasteiger partial charge in [-0.2, -0.15) is 0 Å². The number of hydrogen-bond donors (Lipinski definition) is 1. The van der Waals surface area contributed by atoms with Crippen LogP contribution in [-0.4, -0.2) is 50.4 Å². The number of sulfonamides is 1. The highest BCUT2D eigenvalue weighted by atomic mass is 35.5. The van der Waals surface area contributed by atoms with Gasteiger partial charge in [-0.25, -0.2) is 8.42 Å². The van der Waals surface area contributed by atoms with E-state index in [1.807, 2.05) is 51.1 Å². The van der Waals surface area contributed by atoms with Crippen LogP contribution in [0.4, 0.5) is 5.69 Å². The summed E-state index contributed by atoms with van der Waals surface area (Å²) in [5, 5.41) is 4.00. The molecule has 0 fully saturated rings. The van der Waals surface area contributed by atoms with Crippen LogP contribution in [0.25, 0.3) is 0 Å². The number of anilines is 1. The van der Waals surface area contributed by atoms with Gasteiger partial charge in [0.1, 0.15) is 18.3 Å². The average molecular weight is 731 g/mol. The Kier molecular flexibility index (Phi) is 13.2. The monoisotopic (exact) mass is 729 g/mol. The molecule has 48 heavy (non-hydrogen) atoms. The lowest BCUT2D eigenvalue weighted by Gasteiger charge is -2.34. The predicted octanol–water partition coefficient (Wildman–Crippen LogP) is 7.80. The number of rotatable bonds is 15. The highest BCUT2D eigenvalue weighted by Gasteiger charge is 2.35. The van der Waals surface area contributed by atoms with E-state index in [2.05, 4.69) is 5.32 Å². The van der Waals surface area contributed by atoms with Crippen LogP contribution in [0.2, 0.25) is 15.1 Å². The van der Waals surface area contributed by atoms with E-state index in [9.17, 15) is 18.0 Å². The van der Waals surface area contributed by atoms with E-state index in [1.54, 1.807) is 42.5 Å². The minimum Gasteiger partial charge on any atom is -0.494 e. The standard InChI is InChI=1S/C36H38Cl3N3O5S/c1-4-25(3)40-36(44)34(22-26-9-7-6-8-10-26)41(23-27-11-20-32(38)33(39)21-27)35(43)24-42(29-14-16-30(17-15-29)47-5-2)48(45,46)31-18-12-28(37)13-19-31/h6-21,25,34H,4-5,22-24H2,1-3H3,(H,40,44)/t25-,34-/m1/s1. The zero-order valence-corrected chi connectivity index (χ0v) is 30.0. The fourth-order valence-corrected chi connectivity index (χ4v) is 6.83. The third kappa shape index (κ3) is 9.66. The van der Waals surface area contributed by atoms with Crippen molar-refractivity contribution in [2.24, 2.45) is 0 Å². The molecule has 0 radical (unpaired) electrons. The Bertz CT molecular complexity index is 1790. The van der Waals surface area contributed by atoms with Gasteiger partial charge in [-0.3, -0.25) is 13.9 Å². The maximum Gasteiger partial charge on any atom is 0.264 e. The molecule has 0 aromatic heterocycles. The molecule has 4 aromatic rings. The van der Waals surface area contributed by atoms with Crippen LogP contribution in [0.3, 0.4) is 0 Å². The zero-order chi connectivity index (χ0) is 34.8. The molecule has 12 heteroatoms. The number of ether oxygens (including phenoxy) is 1. The molecule has 0 spiro atoms. The predicted molar refractivity (Wildman–Crippen MR) is 192 cm³/mol. The first kappa shape index (κ1) is 37.1. The van der Waals surface area contributed by atoms with Gasteiger partial charge in [-0.1, -0.05) is 78.1 Å². The first-order chi connectivity index (χ1) is 22.9. The third-order valence-corrected chi connectivity index (χ3v) is 10.5. The van der Waals surface area contributed by atoms with Crippen LogP contribution in [0.1, 0.15) is 38.3 Å². The minimum absolute atomic E-state index is 0.0424. The van der Waals surface area contributed by atoms with Gasteiger partial charge >= 0.3 is 0 Å². The molecule has 0 unspecified atom stereocenters. The highest BCUT2D eigenvalue weighted by molar-refractivity contribution is 7.92. The normalized spacial score (nSPS) is 12.5. The fraction of sp³-hybridized carbons (Fsp3) is 0.278. The summed E-state index contributed by atoms with van der Waals surface area (Å²) in [5.74, 6) is -0.426. The molecule has 4 rings (SSSR count). The summed E-state index contributed by atoms with van der Waals surface area (Å²) < 4.78 is 35.0. The smallest absolute Gasteiger partial charge is 0.264 e. The van der Waals surface area contributed by atoms with Crippen LogP contribution in [0.5, 0.6) is 5.75 Å². The summed E-state index contributed by atoms with van der Waals surface area (Å²) in [4.78, 5) is 29.9. The van der Waals surface area contributed by atoms with Gasteiger partial charge in [0.15, 0.2) is 0 Å². The molecule has 1 N–H and O–H groups in total. The van der Waals surface area contributed by atoms with Crippen molar-refractivity contribution in [1.29, 1.82) is 0 Å². The van der Waals surface area contributed by atoms with Crippen molar-refractivity contribution in [3.8, 4) is 5.75 Å². The molecule has 0 aliphatic carbocycles. The molecule has 0 saturated heterocycles. The van der Waals surface area contributed by atoms with Crippen LogP contribution >= 0.6 is 34.8 Å². The van der Waals surface area contributed by atoms with Crippen molar-refractivity contribution < 1.29 is 22.7 Å². The molecule has 0 aliphatic heterocycles. The van der Waals surface area contributed by atoms with Crippen LogP contribution < -0.4 is 14.4 Å². The van der Waals surface area contributed by atoms with Crippen molar-refractivity contribution in [2.45, 2.75) is 57.1 Å². The highest BCUT2D eigenvalue weighted by Crippen LogP contribution is 2.29. The molecule has 4 aromatic carbocycles. The van der Waals surface area contributed by atoms with Gasteiger partial charge in [-0.15, -0.1) is 0 Å². The number of benzene rings is 4. The number of nitrogens with zero attached hydrogens (tertiary/aromatic N) is 2. The van der Waals surface area contributed by atoms with Crippen LogP contribution in [0, 0.1) is 0 Å². The summed E-state index contributed by atoms with van der Waals surface area (Å²) in [6.45, 7) is 5.45. The van der Waals surface area contributed by atoms with Crippen molar-refractivity contribution >= 4 is 62.3 Å². The van der Waals surface area contributed by atoms with E-state index in [1.165, 1.54) is 29.2 Å². The summed E-state index contributed by atoms with van der Waals surface area (Å²) in [7, 11) is -4.29. The van der Waals surface area contributed by atoms with E-state index in [0.29, 0.717) is 34.4 Å². The summed E-state index contributed by atoms with van der Waals surface area (Å²) in [6, 6.07) is 25.3. The first-order valence-corrected chi connectivity index (χ1v) is 18.1. The summed E-state index contributed by atoms with van der Waals surface area (Å²) >= 11 is 18.6. The Hall–Kier alpha value is -3.76. The lowest BCUT2D eigenvalue weighted by Crippen LogP contribution is -2.54. The van der Waals surface area contributed by atoms with Crippen molar-refractivity contribution in [1.82, 2.24) is 10.2 Å². The molecule has 2 amide bonds. The number of halogens is 3. The molecule has 2 atom stereocenters. The van der Waals surface area contributed by atoms with Gasteiger partial charge in [0, 0.05) is 24.0 Å². The van der Waals surface area contributed by atoms with E-state index >= 15 is 0 Å². The Morgan fingerprint density at radius 2 is 1.50 bits per heavy atom. The number of hydrogen-bond acceptors (Lipinski definition) is 5. The number of amides is 2. The van der Waals surface area contributed by atoms with E-state index in [0.717, 1.165) is 9.87 Å². The van der Waals surface area contributed by atoms with Crippen molar-refractivity contribution in [3.63, 3.8) is 0 Å². The molecule has 8 nitrogen and oxygen atoms in total. The third-order valence-electron chi connectivity index (χ3n) is 7.73. The van der Waals surface area contributed by atoms with E-state index in [-0.39, 0.29) is 40.5 Å². The lowest BCUT2D eigenvalue weighted by atomic mass is 10.0. The van der Waals surface area contributed by atoms with E-state index in [4.69, 9.17) is 39.5 Å². The van der Waals surface area contributed by atoms with Crippen LogP contribution in [0.15, 0.2) is 102 Å². The van der Waals surface area contributed by atoms with Gasteiger partial charge in [0.05, 0.1) is 27.2 Å². The van der Waals surface area contributed by atoms with Gasteiger partial charge < -0.3 is 15.0 Å². The van der Waals surface area contributed by atoms with E-state index < -0.39 is 28.5 Å². The summed E-state index contributed by atoms with van der Waals surface area (Å²) in [5.41, 5.74) is 1.67. The maximum absolute atomic E-state index is 14.6. The Morgan fingerprint density at radius 3 is 2.10 bits per heavy atom. The number of carbonyl (C=O) groups excluding carboxylic acids is 2.